The molecule has 0 fully saturated rings. The Bertz CT molecular complexity index is 3010. The third kappa shape index (κ3) is 10.7. The van der Waals surface area contributed by atoms with Gasteiger partial charge in [-0.25, -0.2) is 33.0 Å². The van der Waals surface area contributed by atoms with E-state index in [0.29, 0.717) is 4.68 Å². The fourth-order valence-corrected chi connectivity index (χ4v) is 9.17. The first-order valence-corrected chi connectivity index (χ1v) is 22.6. The normalized spacial score (nSPS) is 14.1. The minimum absolute atomic E-state index is 0.00356. The van der Waals surface area contributed by atoms with Gasteiger partial charge in [0.25, 0.3) is 11.9 Å². The zero-order valence-corrected chi connectivity index (χ0v) is 38.9. The minimum Gasteiger partial charge on any atom is -0.348 e. The molecule has 1 aliphatic rings. The minimum atomic E-state index is -4.95. The Morgan fingerprint density at radius 3 is 2.26 bits per heavy atom. The summed E-state index contributed by atoms with van der Waals surface area (Å²) >= 11 is 0. The van der Waals surface area contributed by atoms with Crippen LogP contribution in [0.3, 0.4) is 0 Å². The number of benzene rings is 1. The maximum absolute atomic E-state index is 15.8. The Hall–Kier alpha value is -6.69. The smallest absolute Gasteiger partial charge is 0.348 e. The van der Waals surface area contributed by atoms with Crippen LogP contribution in [0, 0.1) is 17.6 Å². The molecule has 6 aromatic rings. The topological polar surface area (TPSA) is 186 Å². The van der Waals surface area contributed by atoms with E-state index >= 15 is 8.78 Å². The molecule has 0 radical (unpaired) electrons. The molecule has 0 unspecified atom stereocenters. The van der Waals surface area contributed by atoms with E-state index in [4.69, 9.17) is 13.6 Å². The van der Waals surface area contributed by atoms with Crippen LogP contribution in [0.15, 0.2) is 74.4 Å². The van der Waals surface area contributed by atoms with Crippen molar-refractivity contribution in [1.82, 2.24) is 54.5 Å². The van der Waals surface area contributed by atoms with Gasteiger partial charge in [-0.2, -0.15) is 36.5 Å². The predicted octanol–water partition coefficient (Wildman–Crippen LogP) is 8.29. The fourth-order valence-electron chi connectivity index (χ4n) is 7.77. The van der Waals surface area contributed by atoms with Crippen molar-refractivity contribution in [3.63, 3.8) is 0 Å². The summed E-state index contributed by atoms with van der Waals surface area (Å²) in [5.74, 6) is -5.03. The van der Waals surface area contributed by atoms with Crippen LogP contribution in [0.4, 0.5) is 35.1 Å². The molecular weight excluding hydrogens is 962 g/mol. The van der Waals surface area contributed by atoms with Gasteiger partial charge >= 0.3 is 20.5 Å². The number of alkyl halides is 5. The molecule has 6 heterocycles. The highest BCUT2D eigenvalue weighted by atomic mass is 31.2. The van der Waals surface area contributed by atoms with Crippen molar-refractivity contribution in [3.8, 4) is 22.5 Å². The molecule has 0 aliphatic carbocycles. The number of hydrogen-bond donors (Lipinski definition) is 1. The quantitative estimate of drug-likeness (QED) is 0.0466. The number of halogens is 8. The van der Waals surface area contributed by atoms with Crippen LogP contribution in [-0.2, 0) is 61.1 Å². The van der Waals surface area contributed by atoms with E-state index in [2.05, 4.69) is 48.7 Å². The zero-order valence-electron chi connectivity index (χ0n) is 38.0. The number of aromatic nitrogens is 9. The van der Waals surface area contributed by atoms with Crippen LogP contribution >= 0.6 is 7.82 Å². The number of carbonyl (C=O) groups is 2. The lowest BCUT2D eigenvalue weighted by molar-refractivity contribution is -0.141. The van der Waals surface area contributed by atoms with Crippen molar-refractivity contribution >= 4 is 30.7 Å². The van der Waals surface area contributed by atoms with Gasteiger partial charge in [0.05, 0.1) is 48.3 Å². The fraction of sp³-hybridized carbons (Fsp3) is 0.364. The van der Waals surface area contributed by atoms with E-state index in [1.807, 2.05) is 0 Å². The van der Waals surface area contributed by atoms with Crippen LogP contribution in [-0.4, -0.2) is 92.3 Å². The Balaban J connectivity index is 1.19. The number of carbonyl (C=O) groups excluding carboxylic acids is 2. The largest absolute Gasteiger partial charge is 0.476 e. The lowest BCUT2D eigenvalue weighted by Gasteiger charge is -2.37. The van der Waals surface area contributed by atoms with Gasteiger partial charge in [0.1, 0.15) is 28.7 Å². The zero-order chi connectivity index (χ0) is 51.1. The first kappa shape index (κ1) is 51.2. The van der Waals surface area contributed by atoms with Crippen molar-refractivity contribution in [2.45, 2.75) is 77.0 Å². The van der Waals surface area contributed by atoms with Crippen molar-refractivity contribution in [1.29, 1.82) is 0 Å². The summed E-state index contributed by atoms with van der Waals surface area (Å²) in [6.45, 7) is 8.55. The molecule has 1 aliphatic heterocycles. The van der Waals surface area contributed by atoms with Gasteiger partial charge in [-0.15, -0.1) is 18.3 Å². The Kier molecular flexibility index (Phi) is 14.3. The molecule has 0 bridgehead atoms. The summed E-state index contributed by atoms with van der Waals surface area (Å²) in [5.41, 5.74) is -5.71. The van der Waals surface area contributed by atoms with Crippen LogP contribution in [0.2, 0.25) is 0 Å². The molecule has 372 valence electrons. The molecule has 7 rings (SSSR count). The molecular formula is C44H44F8N11O6P. The van der Waals surface area contributed by atoms with Crippen LogP contribution in [0.1, 0.15) is 67.2 Å². The van der Waals surface area contributed by atoms with Gasteiger partial charge in [-0.1, -0.05) is 12.2 Å². The van der Waals surface area contributed by atoms with E-state index < -0.39 is 97.0 Å². The molecule has 1 N–H and O–H groups in total. The summed E-state index contributed by atoms with van der Waals surface area (Å²) in [7, 11) is -2.87. The summed E-state index contributed by atoms with van der Waals surface area (Å²) < 4.78 is 148. The van der Waals surface area contributed by atoms with Crippen molar-refractivity contribution < 1.29 is 62.8 Å². The molecule has 0 saturated heterocycles. The monoisotopic (exact) mass is 1010 g/mol. The molecule has 1 aromatic carbocycles. The van der Waals surface area contributed by atoms with E-state index in [0.717, 1.165) is 44.9 Å². The Morgan fingerprint density at radius 2 is 1.64 bits per heavy atom. The van der Waals surface area contributed by atoms with Gasteiger partial charge in [-0.3, -0.25) is 32.5 Å². The van der Waals surface area contributed by atoms with Crippen molar-refractivity contribution in [2.75, 3.05) is 19.8 Å². The van der Waals surface area contributed by atoms with Crippen LogP contribution < -0.4 is 5.32 Å². The van der Waals surface area contributed by atoms with E-state index in [1.54, 1.807) is 0 Å². The molecule has 26 heteroatoms. The SMILES string of the molecule is C=CCOP(=O)(OCC=C)OC(C)(C)c1ncc(-c2cc(C(F)(F)F)nn2CC(C)(C)NC(=O)[C@@H](Cc2cnn(C(F)F)c2)N2CCc3c(-c4nc5c(F)nn(C)c5cc4F)ccc(F)c3C2=O)cn1. The maximum atomic E-state index is 15.8. The highest BCUT2D eigenvalue weighted by Gasteiger charge is 2.42. The van der Waals surface area contributed by atoms with E-state index in [9.17, 15) is 40.5 Å². The van der Waals surface area contributed by atoms with Crippen LogP contribution in [0.25, 0.3) is 33.5 Å². The second kappa shape index (κ2) is 19.6. The highest BCUT2D eigenvalue weighted by molar-refractivity contribution is 7.48. The van der Waals surface area contributed by atoms with E-state index in [-0.39, 0.29) is 71.0 Å². The van der Waals surface area contributed by atoms with Gasteiger partial charge in [-0.05, 0) is 63.4 Å². The molecule has 2 amide bonds. The molecule has 0 saturated carbocycles. The number of nitrogens with one attached hydrogen (secondary N) is 1. The lowest BCUT2D eigenvalue weighted by atomic mass is 9.90. The number of hydrogen-bond acceptors (Lipinski definition) is 12. The number of nitrogens with zero attached hydrogens (tertiary/aromatic N) is 10. The van der Waals surface area contributed by atoms with E-state index in [1.165, 1.54) is 65.4 Å². The predicted molar refractivity (Wildman–Crippen MR) is 234 cm³/mol. The van der Waals surface area contributed by atoms with Gasteiger partial charge in [0.2, 0.25) is 5.91 Å². The third-order valence-electron chi connectivity index (χ3n) is 10.9. The number of fused-ring (bicyclic) bond motifs is 2. The Morgan fingerprint density at radius 1 is 0.971 bits per heavy atom. The molecule has 1 atom stereocenters. The number of aryl methyl sites for hydroxylation is 1. The molecule has 5 aromatic heterocycles. The second-order valence-corrected chi connectivity index (χ2v) is 18.7. The van der Waals surface area contributed by atoms with Gasteiger partial charge < -0.3 is 10.2 Å². The number of pyridine rings is 1. The maximum Gasteiger partial charge on any atom is 0.476 e. The summed E-state index contributed by atoms with van der Waals surface area (Å²) in [6, 6.07) is 2.21. The number of rotatable bonds is 19. The number of phosphoric ester groups is 1. The van der Waals surface area contributed by atoms with Gasteiger partial charge in [0.15, 0.2) is 17.3 Å². The highest BCUT2D eigenvalue weighted by Crippen LogP contribution is 2.54. The van der Waals surface area contributed by atoms with Crippen LogP contribution in [0.5, 0.6) is 0 Å². The third-order valence-corrected chi connectivity index (χ3v) is 12.5. The number of amides is 2. The standard InChI is InChI=1S/C44H44F8N11O6P/c1-8-14-67-70(66,68-15-9-2)69-43(5,6)40-53-20-25(21-54-40)30-18-33(44(50,51)52)58-63(30)23-42(3,4)57-38(64)32(16-24-19-55-62(22-24)41(48)49)61-13-12-26-27(10-11-28(45)34(26)39(61)65)35-29(46)17-31-36(56-35)37(47)59-60(31)7/h8-11,17-22,32,41H,1-2,12-16,23H2,3-7H3,(H,57,64)/t32-/m1/s1. The molecule has 0 spiro atoms. The first-order valence-electron chi connectivity index (χ1n) is 21.1. The summed E-state index contributed by atoms with van der Waals surface area (Å²) in [6.07, 6.45) is 1.38. The van der Waals surface area contributed by atoms with Crippen molar-refractivity contribution in [3.05, 3.63) is 120 Å². The summed E-state index contributed by atoms with van der Waals surface area (Å²) in [5, 5.41) is 13.8. The molecule has 70 heavy (non-hydrogen) atoms. The Labute approximate surface area is 393 Å². The average molecular weight is 1010 g/mol. The summed E-state index contributed by atoms with van der Waals surface area (Å²) in [4.78, 5) is 42.6. The van der Waals surface area contributed by atoms with Gasteiger partial charge in [0, 0.05) is 55.8 Å². The lowest BCUT2D eigenvalue weighted by Crippen LogP contribution is -2.58. The molecule has 17 nitrogen and oxygen atoms in total. The first-order chi connectivity index (χ1) is 32.8. The second-order valence-electron chi connectivity index (χ2n) is 17.1. The average Bonchev–Trinajstić information content (AvgIpc) is 4.01. The van der Waals surface area contributed by atoms with Crippen molar-refractivity contribution in [2.24, 2.45) is 7.05 Å². The number of phosphoric acid groups is 1.